The summed E-state index contributed by atoms with van der Waals surface area (Å²) in [7, 11) is 0. The van der Waals surface area contributed by atoms with E-state index in [1.807, 2.05) is 140 Å². The van der Waals surface area contributed by atoms with Crippen LogP contribution in [-0.4, -0.2) is 19.1 Å². The summed E-state index contributed by atoms with van der Waals surface area (Å²) in [5.74, 6) is 0.508. The maximum absolute atomic E-state index is 14.1. The highest BCUT2D eigenvalue weighted by molar-refractivity contribution is 6.12. The fourth-order valence-corrected chi connectivity index (χ4v) is 9.79. The lowest BCUT2D eigenvalue weighted by atomic mass is 9.97. The summed E-state index contributed by atoms with van der Waals surface area (Å²) in [6.07, 6.45) is -9.99. The van der Waals surface area contributed by atoms with Gasteiger partial charge in [0.1, 0.15) is 0 Å². The molecule has 0 N–H and O–H groups in total. The number of benzene rings is 9. The molecule has 3 heterocycles. The van der Waals surface area contributed by atoms with Gasteiger partial charge >= 0.3 is 12.4 Å². The van der Waals surface area contributed by atoms with Gasteiger partial charge in [-0.3, -0.25) is 0 Å². The van der Waals surface area contributed by atoms with Crippen molar-refractivity contribution in [1.82, 2.24) is 19.1 Å². The third-order valence-corrected chi connectivity index (χ3v) is 13.0. The molecule has 0 bridgehead atoms. The van der Waals surface area contributed by atoms with Gasteiger partial charge in [-0.15, -0.1) is 0 Å². The number of para-hydroxylation sites is 4. The Kier molecular flexibility index (Phi) is 10.0. The van der Waals surface area contributed by atoms with Crippen LogP contribution >= 0.6 is 0 Å². The second-order valence-corrected chi connectivity index (χ2v) is 17.2. The van der Waals surface area contributed by atoms with Crippen LogP contribution in [0.4, 0.5) is 26.3 Å². The average Bonchev–Trinajstić information content (AvgIpc) is 3.91. The monoisotopic (exact) mass is 926 g/mol. The van der Waals surface area contributed by atoms with E-state index in [0.717, 1.165) is 95.4 Å². The Bertz CT molecular complexity index is 3840. The number of aromatic nitrogens is 4. The van der Waals surface area contributed by atoms with Gasteiger partial charge in [-0.25, -0.2) is 9.97 Å². The smallest absolute Gasteiger partial charge is 0.309 e. The topological polar surface area (TPSA) is 35.6 Å². The molecule has 0 aliphatic rings. The van der Waals surface area contributed by atoms with Gasteiger partial charge in [-0.05, 0) is 90.0 Å². The minimum atomic E-state index is -4.99. The van der Waals surface area contributed by atoms with Crippen LogP contribution in [0.25, 0.3) is 111 Å². The van der Waals surface area contributed by atoms with Crippen LogP contribution in [0, 0.1) is 0 Å². The molecule has 0 fully saturated rings. The van der Waals surface area contributed by atoms with Crippen molar-refractivity contribution >= 4 is 43.6 Å². The van der Waals surface area contributed by atoms with Crippen molar-refractivity contribution in [2.24, 2.45) is 0 Å². The Labute approximate surface area is 397 Å². The zero-order valence-electron chi connectivity index (χ0n) is 36.8. The van der Waals surface area contributed by atoms with Crippen molar-refractivity contribution in [3.8, 4) is 67.5 Å². The van der Waals surface area contributed by atoms with E-state index in [-0.39, 0.29) is 17.2 Å². The third-order valence-electron chi connectivity index (χ3n) is 13.0. The lowest BCUT2D eigenvalue weighted by Crippen LogP contribution is -2.11. The summed E-state index contributed by atoms with van der Waals surface area (Å²) in [6.45, 7) is 0. The number of halogens is 6. The molecule has 12 aromatic rings. The second-order valence-electron chi connectivity index (χ2n) is 17.2. The van der Waals surface area contributed by atoms with Gasteiger partial charge in [-0.1, -0.05) is 140 Å². The number of rotatable bonds is 7. The largest absolute Gasteiger partial charge is 0.416 e. The van der Waals surface area contributed by atoms with Crippen LogP contribution in [0.1, 0.15) is 11.1 Å². The summed E-state index contributed by atoms with van der Waals surface area (Å²) in [4.78, 5) is 10.4. The lowest BCUT2D eigenvalue weighted by Gasteiger charge is -2.20. The Hall–Kier alpha value is -8.76. The van der Waals surface area contributed by atoms with E-state index in [2.05, 4.69) is 51.6 Å². The molecule has 0 aliphatic heterocycles. The highest BCUT2D eigenvalue weighted by Gasteiger charge is 2.37. The highest BCUT2D eigenvalue weighted by Crippen LogP contribution is 2.44. The van der Waals surface area contributed by atoms with E-state index < -0.39 is 23.5 Å². The summed E-state index contributed by atoms with van der Waals surface area (Å²) in [6, 6.07) is 67.3. The Morgan fingerprint density at radius 3 is 1.29 bits per heavy atom. The maximum atomic E-state index is 14.1. The molecule has 0 amide bonds. The molecule has 70 heavy (non-hydrogen) atoms. The van der Waals surface area contributed by atoms with Gasteiger partial charge in [0.15, 0.2) is 5.82 Å². The Morgan fingerprint density at radius 2 is 0.743 bits per heavy atom. The van der Waals surface area contributed by atoms with Crippen LogP contribution in [0.3, 0.4) is 0 Å². The first kappa shape index (κ1) is 42.6. The molecule has 0 unspecified atom stereocenters. The number of alkyl halides is 6. The second kappa shape index (κ2) is 16.5. The fourth-order valence-electron chi connectivity index (χ4n) is 9.79. The zero-order chi connectivity index (χ0) is 47.7. The molecule has 4 nitrogen and oxygen atoms in total. The minimum Gasteiger partial charge on any atom is -0.309 e. The fraction of sp³-hybridized carbons (Fsp3) is 0.0333. The van der Waals surface area contributed by atoms with Crippen LogP contribution in [0.5, 0.6) is 0 Å². The maximum Gasteiger partial charge on any atom is 0.416 e. The minimum absolute atomic E-state index is 0.154. The van der Waals surface area contributed by atoms with E-state index in [1.165, 1.54) is 0 Å². The average molecular weight is 927 g/mol. The van der Waals surface area contributed by atoms with Crippen molar-refractivity contribution in [2.45, 2.75) is 12.4 Å². The van der Waals surface area contributed by atoms with Crippen LogP contribution < -0.4 is 0 Å². The van der Waals surface area contributed by atoms with Gasteiger partial charge in [0, 0.05) is 49.4 Å². The molecular formula is C60H36F6N4. The third kappa shape index (κ3) is 7.36. The SMILES string of the molecule is FC(F)(F)c1cc(-c2ccc3c(c2)c2ccccc2n3-c2ccc(-c3nc(-c4ccccc4)cc(-c4ccccc4)n3)cc2-c2ccccc2-n2c3ccccc3c3ccccc32)cc(C(F)(F)F)c1. The van der Waals surface area contributed by atoms with Gasteiger partial charge in [0.25, 0.3) is 0 Å². The molecule has 0 aliphatic carbocycles. The van der Waals surface area contributed by atoms with E-state index in [9.17, 15) is 26.3 Å². The Morgan fingerprint density at radius 1 is 0.300 bits per heavy atom. The van der Waals surface area contributed by atoms with Gasteiger partial charge in [-0.2, -0.15) is 26.3 Å². The van der Waals surface area contributed by atoms with Crippen molar-refractivity contribution in [3.05, 3.63) is 230 Å². The van der Waals surface area contributed by atoms with E-state index >= 15 is 0 Å². The van der Waals surface area contributed by atoms with Crippen LogP contribution in [0.15, 0.2) is 218 Å². The summed E-state index contributed by atoms with van der Waals surface area (Å²) < 4.78 is 89.0. The standard InChI is InChI=1S/C60H36F6N4/c61-59(62,63)42-31-41(32-43(35-42)60(64,65)66)39-27-29-56-48(33-39)46-21-9-14-26-55(46)70(56)57-30-28-40(58-67-50(37-15-3-1-4-16-37)36-51(68-58)38-17-5-2-6-18-38)34-49(57)47-22-10-13-25-54(47)69-52-23-11-7-19-44(52)45-20-8-12-24-53(45)69/h1-36H. The molecule has 338 valence electrons. The molecule has 0 spiro atoms. The van der Waals surface area contributed by atoms with Crippen LogP contribution in [0.2, 0.25) is 0 Å². The quantitative estimate of drug-likeness (QED) is 0.149. The van der Waals surface area contributed by atoms with Gasteiger partial charge in [0.2, 0.25) is 0 Å². The summed E-state index contributed by atoms with van der Waals surface area (Å²) >= 11 is 0. The first-order valence-corrected chi connectivity index (χ1v) is 22.5. The molecular weight excluding hydrogens is 891 g/mol. The molecule has 3 aromatic heterocycles. The number of fused-ring (bicyclic) bond motifs is 6. The van der Waals surface area contributed by atoms with E-state index in [1.54, 1.807) is 18.2 Å². The normalized spacial score (nSPS) is 12.1. The number of hydrogen-bond donors (Lipinski definition) is 0. The van der Waals surface area contributed by atoms with Crippen molar-refractivity contribution < 1.29 is 26.3 Å². The van der Waals surface area contributed by atoms with Crippen molar-refractivity contribution in [1.29, 1.82) is 0 Å². The molecule has 9 aromatic carbocycles. The molecule has 0 saturated heterocycles. The van der Waals surface area contributed by atoms with Crippen molar-refractivity contribution in [2.75, 3.05) is 0 Å². The van der Waals surface area contributed by atoms with Crippen LogP contribution in [-0.2, 0) is 12.4 Å². The Balaban J connectivity index is 1.13. The van der Waals surface area contributed by atoms with E-state index in [0.29, 0.717) is 16.7 Å². The zero-order valence-corrected chi connectivity index (χ0v) is 36.8. The predicted molar refractivity (Wildman–Crippen MR) is 268 cm³/mol. The predicted octanol–water partition coefficient (Wildman–Crippen LogP) is 17.0. The first-order valence-electron chi connectivity index (χ1n) is 22.5. The number of hydrogen-bond acceptors (Lipinski definition) is 2. The van der Waals surface area contributed by atoms with Gasteiger partial charge < -0.3 is 9.13 Å². The molecule has 0 saturated carbocycles. The molecule has 12 rings (SSSR count). The van der Waals surface area contributed by atoms with E-state index in [4.69, 9.17) is 9.97 Å². The molecule has 0 atom stereocenters. The lowest BCUT2D eigenvalue weighted by molar-refractivity contribution is -0.143. The highest BCUT2D eigenvalue weighted by atomic mass is 19.4. The van der Waals surface area contributed by atoms with Gasteiger partial charge in [0.05, 0.1) is 56.0 Å². The molecule has 0 radical (unpaired) electrons. The summed E-state index contributed by atoms with van der Waals surface area (Å²) in [5, 5.41) is 3.61. The molecule has 10 heteroatoms. The summed E-state index contributed by atoms with van der Waals surface area (Å²) in [5.41, 5.74) is 8.31. The first-order chi connectivity index (χ1) is 34.0. The number of nitrogens with zero attached hydrogens (tertiary/aromatic N) is 4. The van der Waals surface area contributed by atoms with Crippen molar-refractivity contribution in [3.63, 3.8) is 0 Å².